The van der Waals surface area contributed by atoms with Gasteiger partial charge >= 0.3 is 12.1 Å². The largest absolute Gasteiger partial charge is 0.481 e. The summed E-state index contributed by atoms with van der Waals surface area (Å²) in [5.74, 6) is -0.811. The number of aromatic nitrogens is 3. The maximum Gasteiger partial charge on any atom is 0.409 e. The third kappa shape index (κ3) is 5.45. The average Bonchev–Trinajstić information content (AvgIpc) is 3.16. The molecule has 0 bridgehead atoms. The topological polar surface area (TPSA) is 97.0 Å². The van der Waals surface area contributed by atoms with Crippen LogP contribution in [0, 0.1) is 0 Å². The highest BCUT2D eigenvalue weighted by Gasteiger charge is 2.20. The van der Waals surface area contributed by atoms with Gasteiger partial charge in [0.2, 0.25) is 0 Å². The van der Waals surface area contributed by atoms with Crippen molar-refractivity contribution in [2.75, 3.05) is 14.1 Å². The van der Waals surface area contributed by atoms with E-state index >= 15 is 0 Å². The van der Waals surface area contributed by atoms with E-state index in [2.05, 4.69) is 27.8 Å². The Morgan fingerprint density at radius 1 is 1.22 bits per heavy atom. The van der Waals surface area contributed by atoms with Crippen molar-refractivity contribution >= 4 is 33.5 Å². The number of carbonyl (C=O) groups is 2. The van der Waals surface area contributed by atoms with Crippen LogP contribution in [0.2, 0.25) is 0 Å². The number of carboxylic acids is 1. The van der Waals surface area contributed by atoms with Gasteiger partial charge in [-0.1, -0.05) is 6.92 Å². The van der Waals surface area contributed by atoms with Gasteiger partial charge in [0.15, 0.2) is 0 Å². The van der Waals surface area contributed by atoms with Gasteiger partial charge in [0.1, 0.15) is 12.3 Å². The highest BCUT2D eigenvalue weighted by Crippen LogP contribution is 2.34. The van der Waals surface area contributed by atoms with E-state index in [1.807, 2.05) is 22.7 Å². The van der Waals surface area contributed by atoms with Crippen molar-refractivity contribution in [3.05, 3.63) is 52.0 Å². The van der Waals surface area contributed by atoms with Gasteiger partial charge in [0.05, 0.1) is 5.52 Å². The average molecular weight is 503 g/mol. The Balaban J connectivity index is 2.15. The van der Waals surface area contributed by atoms with Crippen LogP contribution in [0.25, 0.3) is 16.6 Å². The molecule has 3 aromatic heterocycles. The number of nitrogens with zero attached hydrogens (tertiary/aromatic N) is 4. The number of carbonyl (C=O) groups excluding carboxylic acids is 1. The zero-order valence-corrected chi connectivity index (χ0v) is 20.1. The first kappa shape index (κ1) is 23.7. The summed E-state index contributed by atoms with van der Waals surface area (Å²) in [7, 11) is 3.26. The minimum Gasteiger partial charge on any atom is -0.481 e. The lowest BCUT2D eigenvalue weighted by atomic mass is 9.95. The molecular weight excluding hydrogens is 476 g/mol. The number of fused-ring (bicyclic) bond motifs is 1. The number of hydrogen-bond donors (Lipinski definition) is 1. The first-order chi connectivity index (χ1) is 15.3. The van der Waals surface area contributed by atoms with Crippen molar-refractivity contribution in [3.63, 3.8) is 0 Å². The molecule has 0 aliphatic heterocycles. The zero-order chi connectivity index (χ0) is 23.3. The highest BCUT2D eigenvalue weighted by atomic mass is 79.9. The van der Waals surface area contributed by atoms with Gasteiger partial charge in [0.25, 0.3) is 0 Å². The predicted molar refractivity (Wildman–Crippen MR) is 125 cm³/mol. The fourth-order valence-corrected chi connectivity index (χ4v) is 3.98. The van der Waals surface area contributed by atoms with Crippen molar-refractivity contribution < 1.29 is 19.4 Å². The second-order valence-corrected chi connectivity index (χ2v) is 8.63. The molecule has 0 saturated heterocycles. The molecule has 0 aromatic carbocycles. The molecular formula is C23H27BrN4O4. The number of amides is 1. The summed E-state index contributed by atoms with van der Waals surface area (Å²) in [6.45, 7) is 2.09. The van der Waals surface area contributed by atoms with Gasteiger partial charge in [0, 0.05) is 54.2 Å². The lowest BCUT2D eigenvalue weighted by Crippen LogP contribution is -2.23. The Kier molecular flexibility index (Phi) is 7.84. The normalized spacial score (nSPS) is 11.0. The number of aryl methyl sites for hydroxylation is 1. The molecule has 0 radical (unpaired) electrons. The molecule has 0 fully saturated rings. The lowest BCUT2D eigenvalue weighted by molar-refractivity contribution is -0.137. The number of rotatable bonds is 9. The highest BCUT2D eigenvalue weighted by molar-refractivity contribution is 9.10. The van der Waals surface area contributed by atoms with Crippen molar-refractivity contribution in [2.45, 2.75) is 45.6 Å². The molecule has 0 saturated carbocycles. The van der Waals surface area contributed by atoms with Crippen LogP contribution in [0.15, 0.2) is 35.1 Å². The number of aliphatic carboxylic acids is 1. The summed E-state index contributed by atoms with van der Waals surface area (Å²) in [6, 6.07) is 6.08. The third-order valence-corrected chi connectivity index (χ3v) is 5.62. The summed E-state index contributed by atoms with van der Waals surface area (Å²) in [4.78, 5) is 28.8. The summed E-state index contributed by atoms with van der Waals surface area (Å²) in [5.41, 5.74) is 5.47. The van der Waals surface area contributed by atoms with E-state index in [0.29, 0.717) is 25.0 Å². The molecule has 3 aromatic rings. The van der Waals surface area contributed by atoms with Gasteiger partial charge < -0.3 is 14.7 Å². The van der Waals surface area contributed by atoms with E-state index in [1.165, 1.54) is 4.90 Å². The van der Waals surface area contributed by atoms with Crippen LogP contribution in [0.4, 0.5) is 4.79 Å². The molecule has 3 heterocycles. The van der Waals surface area contributed by atoms with Crippen LogP contribution in [0.5, 0.6) is 0 Å². The molecule has 9 heteroatoms. The molecule has 0 aliphatic rings. The molecule has 0 atom stereocenters. The van der Waals surface area contributed by atoms with E-state index < -0.39 is 12.1 Å². The van der Waals surface area contributed by atoms with Crippen molar-refractivity contribution in [2.24, 2.45) is 0 Å². The lowest BCUT2D eigenvalue weighted by Gasteiger charge is -2.18. The van der Waals surface area contributed by atoms with Crippen LogP contribution >= 0.6 is 15.9 Å². The number of halogens is 1. The van der Waals surface area contributed by atoms with Crippen LogP contribution in [0.3, 0.4) is 0 Å². The van der Waals surface area contributed by atoms with Crippen molar-refractivity contribution in [1.29, 1.82) is 0 Å². The Labute approximate surface area is 195 Å². The molecule has 3 rings (SSSR count). The number of ether oxygens (including phenoxy) is 1. The molecule has 0 spiro atoms. The summed E-state index contributed by atoms with van der Waals surface area (Å²) in [6.07, 6.45) is 5.83. The SMILES string of the molecule is CCc1ccc2c(-c3cncc(Br)c3)c(CCCCC(=O)O)c(COC(=O)N(C)C)nn12. The maximum atomic E-state index is 12.1. The summed E-state index contributed by atoms with van der Waals surface area (Å²) >= 11 is 3.51. The zero-order valence-electron chi connectivity index (χ0n) is 18.5. The summed E-state index contributed by atoms with van der Waals surface area (Å²) < 4.78 is 8.23. The minimum atomic E-state index is -0.811. The van der Waals surface area contributed by atoms with Gasteiger partial charge in [-0.2, -0.15) is 5.10 Å². The monoisotopic (exact) mass is 502 g/mol. The second-order valence-electron chi connectivity index (χ2n) is 7.72. The van der Waals surface area contributed by atoms with Crippen LogP contribution in [0.1, 0.15) is 43.1 Å². The first-order valence-electron chi connectivity index (χ1n) is 10.5. The molecule has 1 amide bonds. The van der Waals surface area contributed by atoms with Crippen molar-refractivity contribution in [1.82, 2.24) is 19.5 Å². The Morgan fingerprint density at radius 2 is 2.00 bits per heavy atom. The number of unbranched alkanes of at least 4 members (excludes halogenated alkanes) is 1. The summed E-state index contributed by atoms with van der Waals surface area (Å²) in [5, 5.41) is 13.8. The predicted octanol–water partition coefficient (Wildman–Crippen LogP) is 4.72. The standard InChI is InChI=1S/C23H27BrN4O4/c1-4-17-9-10-20-22(15-11-16(24)13-25-12-15)18(7-5-6-8-21(29)30)19(26-28(17)20)14-32-23(31)27(2)3/h9-13H,4-8,14H2,1-3H3,(H,29,30). The fourth-order valence-electron chi connectivity index (χ4n) is 3.62. The molecule has 0 unspecified atom stereocenters. The van der Waals surface area contributed by atoms with E-state index in [4.69, 9.17) is 14.9 Å². The Morgan fingerprint density at radius 3 is 2.66 bits per heavy atom. The Bertz CT molecular complexity index is 1130. The molecule has 1 N–H and O–H groups in total. The number of carboxylic acid groups (broad SMARTS) is 1. The molecule has 170 valence electrons. The minimum absolute atomic E-state index is 0.0248. The first-order valence-corrected chi connectivity index (χ1v) is 11.3. The number of hydrogen-bond acceptors (Lipinski definition) is 5. The van der Waals surface area contributed by atoms with E-state index in [1.54, 1.807) is 26.5 Å². The second kappa shape index (κ2) is 10.6. The van der Waals surface area contributed by atoms with Crippen LogP contribution < -0.4 is 0 Å². The quantitative estimate of drug-likeness (QED) is 0.425. The third-order valence-electron chi connectivity index (χ3n) is 5.18. The van der Waals surface area contributed by atoms with Crippen LogP contribution in [-0.4, -0.2) is 50.8 Å². The van der Waals surface area contributed by atoms with Gasteiger partial charge in [-0.3, -0.25) is 9.78 Å². The van der Waals surface area contributed by atoms with Crippen molar-refractivity contribution in [3.8, 4) is 11.1 Å². The van der Waals surface area contributed by atoms with Gasteiger partial charge in [-0.05, 0) is 65.4 Å². The van der Waals surface area contributed by atoms with Gasteiger partial charge in [-0.15, -0.1) is 0 Å². The molecule has 0 aliphatic carbocycles. The van der Waals surface area contributed by atoms with E-state index in [-0.39, 0.29) is 13.0 Å². The molecule has 32 heavy (non-hydrogen) atoms. The Hall–Kier alpha value is -2.94. The van der Waals surface area contributed by atoms with E-state index in [0.717, 1.165) is 38.8 Å². The van der Waals surface area contributed by atoms with Crippen LogP contribution in [-0.2, 0) is 29.0 Å². The smallest absolute Gasteiger partial charge is 0.409 e. The maximum absolute atomic E-state index is 12.1. The number of pyridine rings is 1. The van der Waals surface area contributed by atoms with E-state index in [9.17, 15) is 9.59 Å². The van der Waals surface area contributed by atoms with Gasteiger partial charge in [-0.25, -0.2) is 9.31 Å². The fraction of sp³-hybridized carbons (Fsp3) is 0.391. The molecule has 8 nitrogen and oxygen atoms in total.